The van der Waals surface area contributed by atoms with Crippen LogP contribution in [-0.2, 0) is 6.42 Å². The summed E-state index contributed by atoms with van der Waals surface area (Å²) in [6.07, 6.45) is 0.806. The highest BCUT2D eigenvalue weighted by atomic mass is 35.5. The lowest BCUT2D eigenvalue weighted by molar-refractivity contribution is 0.694. The van der Waals surface area contributed by atoms with E-state index in [4.69, 9.17) is 34.2 Å². The Kier molecular flexibility index (Phi) is 5.03. The molecule has 2 aromatic carbocycles. The van der Waals surface area contributed by atoms with Gasteiger partial charge in [-0.25, -0.2) is 0 Å². The number of benzene rings is 2. The molecule has 102 valence electrons. The molecule has 0 heterocycles. The van der Waals surface area contributed by atoms with Gasteiger partial charge in [0, 0.05) is 5.92 Å². The van der Waals surface area contributed by atoms with Gasteiger partial charge < -0.3 is 5.73 Å². The van der Waals surface area contributed by atoms with Crippen molar-refractivity contribution in [2.24, 2.45) is 5.73 Å². The number of nitrogens with zero attached hydrogens (tertiary/aromatic N) is 1. The standard InChI is InChI=1S/C16H14Cl2N2/c17-15-6-5-13(8-16(15)18)14(10-20)7-11-1-3-12(9-19)4-2-11/h1-6,8,14H,7,10,20H2. The highest BCUT2D eigenvalue weighted by molar-refractivity contribution is 6.42. The summed E-state index contributed by atoms with van der Waals surface area (Å²) < 4.78 is 0. The van der Waals surface area contributed by atoms with Gasteiger partial charge in [0.25, 0.3) is 0 Å². The normalized spacial score (nSPS) is 11.9. The maximum atomic E-state index is 8.79. The first-order chi connectivity index (χ1) is 9.63. The molecule has 0 aliphatic rings. The van der Waals surface area contributed by atoms with Crippen molar-refractivity contribution < 1.29 is 0 Å². The SMILES string of the molecule is N#Cc1ccc(CC(CN)c2ccc(Cl)c(Cl)c2)cc1. The third-order valence-corrected chi connectivity index (χ3v) is 4.00. The molecule has 0 radical (unpaired) electrons. The lowest BCUT2D eigenvalue weighted by Crippen LogP contribution is -2.15. The van der Waals surface area contributed by atoms with E-state index in [9.17, 15) is 0 Å². The number of hydrogen-bond acceptors (Lipinski definition) is 2. The van der Waals surface area contributed by atoms with Crippen molar-refractivity contribution in [1.29, 1.82) is 5.26 Å². The van der Waals surface area contributed by atoms with Gasteiger partial charge in [0.05, 0.1) is 21.7 Å². The molecule has 0 aromatic heterocycles. The topological polar surface area (TPSA) is 49.8 Å². The Labute approximate surface area is 128 Å². The second-order valence-corrected chi connectivity index (χ2v) is 5.43. The van der Waals surface area contributed by atoms with Crippen LogP contribution in [0.4, 0.5) is 0 Å². The van der Waals surface area contributed by atoms with Gasteiger partial charge in [-0.05, 0) is 48.4 Å². The summed E-state index contributed by atoms with van der Waals surface area (Å²) in [5.74, 6) is 0.178. The summed E-state index contributed by atoms with van der Waals surface area (Å²) in [6, 6.07) is 15.3. The fraction of sp³-hybridized carbons (Fsp3) is 0.188. The van der Waals surface area contributed by atoms with Crippen molar-refractivity contribution in [3.63, 3.8) is 0 Å². The van der Waals surface area contributed by atoms with E-state index >= 15 is 0 Å². The van der Waals surface area contributed by atoms with Crippen molar-refractivity contribution in [2.45, 2.75) is 12.3 Å². The van der Waals surface area contributed by atoms with Crippen LogP contribution in [-0.4, -0.2) is 6.54 Å². The minimum atomic E-state index is 0.178. The first-order valence-corrected chi connectivity index (χ1v) is 7.03. The van der Waals surface area contributed by atoms with E-state index < -0.39 is 0 Å². The minimum Gasteiger partial charge on any atom is -0.330 e. The largest absolute Gasteiger partial charge is 0.330 e. The van der Waals surface area contributed by atoms with Crippen molar-refractivity contribution >= 4 is 23.2 Å². The monoisotopic (exact) mass is 304 g/mol. The molecule has 0 bridgehead atoms. The first-order valence-electron chi connectivity index (χ1n) is 6.28. The van der Waals surface area contributed by atoms with E-state index in [0.29, 0.717) is 22.2 Å². The molecule has 1 atom stereocenters. The molecule has 0 saturated carbocycles. The van der Waals surface area contributed by atoms with Gasteiger partial charge in [-0.1, -0.05) is 41.4 Å². The van der Waals surface area contributed by atoms with Crippen LogP contribution in [0.15, 0.2) is 42.5 Å². The van der Waals surface area contributed by atoms with Gasteiger partial charge in [0.2, 0.25) is 0 Å². The number of nitrogens with two attached hydrogens (primary N) is 1. The quantitative estimate of drug-likeness (QED) is 0.922. The molecule has 20 heavy (non-hydrogen) atoms. The van der Waals surface area contributed by atoms with Gasteiger partial charge in [0.15, 0.2) is 0 Å². The van der Waals surface area contributed by atoms with Crippen molar-refractivity contribution in [3.05, 3.63) is 69.2 Å². The number of halogens is 2. The summed E-state index contributed by atoms with van der Waals surface area (Å²) in [5, 5.41) is 9.88. The summed E-state index contributed by atoms with van der Waals surface area (Å²) in [6.45, 7) is 0.526. The predicted molar refractivity (Wildman–Crippen MR) is 83.1 cm³/mol. The summed E-state index contributed by atoms with van der Waals surface area (Å²) >= 11 is 12.0. The Hall–Kier alpha value is -1.53. The summed E-state index contributed by atoms with van der Waals surface area (Å²) in [7, 11) is 0. The smallest absolute Gasteiger partial charge is 0.0991 e. The Balaban J connectivity index is 2.19. The van der Waals surface area contributed by atoms with Gasteiger partial charge in [-0.2, -0.15) is 5.26 Å². The Bertz CT molecular complexity index is 630. The molecule has 2 nitrogen and oxygen atoms in total. The molecule has 0 saturated heterocycles. The summed E-state index contributed by atoms with van der Waals surface area (Å²) in [5.41, 5.74) is 8.75. The molecule has 4 heteroatoms. The minimum absolute atomic E-state index is 0.178. The lowest BCUT2D eigenvalue weighted by Gasteiger charge is -2.16. The molecule has 2 N–H and O–H groups in total. The lowest BCUT2D eigenvalue weighted by atomic mass is 9.92. The van der Waals surface area contributed by atoms with E-state index in [0.717, 1.165) is 17.5 Å². The van der Waals surface area contributed by atoms with Gasteiger partial charge in [0.1, 0.15) is 0 Å². The van der Waals surface area contributed by atoms with Crippen molar-refractivity contribution in [2.75, 3.05) is 6.54 Å². The van der Waals surface area contributed by atoms with Crippen LogP contribution >= 0.6 is 23.2 Å². The number of nitriles is 1. The molecule has 0 amide bonds. The molecule has 2 aromatic rings. The fourth-order valence-electron chi connectivity index (χ4n) is 2.10. The van der Waals surface area contributed by atoms with Gasteiger partial charge in [-0.3, -0.25) is 0 Å². The van der Waals surface area contributed by atoms with E-state index in [2.05, 4.69) is 6.07 Å². The van der Waals surface area contributed by atoms with E-state index in [1.807, 2.05) is 36.4 Å². The highest BCUT2D eigenvalue weighted by Gasteiger charge is 2.12. The van der Waals surface area contributed by atoms with Crippen LogP contribution in [0.3, 0.4) is 0 Å². The van der Waals surface area contributed by atoms with Crippen LogP contribution in [0.2, 0.25) is 10.0 Å². The molecule has 0 spiro atoms. The van der Waals surface area contributed by atoms with Crippen molar-refractivity contribution in [3.8, 4) is 6.07 Å². The molecular formula is C16H14Cl2N2. The van der Waals surface area contributed by atoms with Crippen LogP contribution in [0, 0.1) is 11.3 Å². The van der Waals surface area contributed by atoms with Crippen LogP contribution in [0.25, 0.3) is 0 Å². The fourth-order valence-corrected chi connectivity index (χ4v) is 2.41. The van der Waals surface area contributed by atoms with Gasteiger partial charge >= 0.3 is 0 Å². The Morgan fingerprint density at radius 1 is 1.05 bits per heavy atom. The first kappa shape index (κ1) is 14.9. The van der Waals surface area contributed by atoms with Crippen LogP contribution < -0.4 is 5.73 Å². The van der Waals surface area contributed by atoms with E-state index in [-0.39, 0.29) is 5.92 Å². The van der Waals surface area contributed by atoms with Crippen LogP contribution in [0.1, 0.15) is 22.6 Å². The molecule has 0 aliphatic carbocycles. The van der Waals surface area contributed by atoms with Crippen LogP contribution in [0.5, 0.6) is 0 Å². The Morgan fingerprint density at radius 3 is 2.30 bits per heavy atom. The second kappa shape index (κ2) is 6.76. The summed E-state index contributed by atoms with van der Waals surface area (Å²) in [4.78, 5) is 0. The molecule has 1 unspecified atom stereocenters. The van der Waals surface area contributed by atoms with E-state index in [1.165, 1.54) is 0 Å². The molecule has 0 fully saturated rings. The van der Waals surface area contributed by atoms with Crippen molar-refractivity contribution in [1.82, 2.24) is 0 Å². The molecule has 0 aliphatic heterocycles. The second-order valence-electron chi connectivity index (χ2n) is 4.62. The third-order valence-electron chi connectivity index (χ3n) is 3.26. The molecular weight excluding hydrogens is 291 g/mol. The number of hydrogen-bond donors (Lipinski definition) is 1. The highest BCUT2D eigenvalue weighted by Crippen LogP contribution is 2.28. The van der Waals surface area contributed by atoms with E-state index in [1.54, 1.807) is 6.07 Å². The molecule has 2 rings (SSSR count). The zero-order valence-corrected chi connectivity index (χ0v) is 12.3. The predicted octanol–water partition coefficient (Wildman–Crippen LogP) is 4.15. The third kappa shape index (κ3) is 3.52. The maximum Gasteiger partial charge on any atom is 0.0991 e. The number of rotatable bonds is 4. The maximum absolute atomic E-state index is 8.79. The average Bonchev–Trinajstić information content (AvgIpc) is 2.48. The zero-order valence-electron chi connectivity index (χ0n) is 10.8. The van der Waals surface area contributed by atoms with Gasteiger partial charge in [-0.15, -0.1) is 0 Å². The zero-order chi connectivity index (χ0) is 14.5. The Morgan fingerprint density at radius 2 is 1.75 bits per heavy atom. The average molecular weight is 305 g/mol.